The molecule has 0 aliphatic rings. The maximum Gasteiger partial charge on any atom is 1.00 e. The van der Waals surface area contributed by atoms with E-state index in [-0.39, 0.29) is 41.4 Å². The van der Waals surface area contributed by atoms with Crippen LogP contribution in [0, 0.1) is 0 Å². The molecule has 0 aromatic rings. The first-order chi connectivity index (χ1) is 11.0. The van der Waals surface area contributed by atoms with Crippen molar-refractivity contribution < 1.29 is 47.6 Å². The third kappa shape index (κ3) is 22.9. The fourth-order valence-corrected chi connectivity index (χ4v) is 3.40. The van der Waals surface area contributed by atoms with Crippen LogP contribution in [0.4, 0.5) is 0 Å². The molecule has 0 rings (SSSR count). The van der Waals surface area contributed by atoms with Crippen molar-refractivity contribution in [1.29, 1.82) is 0 Å². The fraction of sp³-hybridized carbons (Fsp3) is 1.00. The molecule has 0 aliphatic carbocycles. The van der Waals surface area contributed by atoms with Crippen molar-refractivity contribution >= 4 is 10.1 Å². The quantitative estimate of drug-likeness (QED) is 0.240. The third-order valence-electron chi connectivity index (χ3n) is 4.32. The molecule has 0 heterocycles. The minimum absolute atomic E-state index is 0. The second-order valence-corrected chi connectivity index (χ2v) is 8.26. The predicted molar refractivity (Wildman–Crippen MR) is 95.5 cm³/mol. The zero-order chi connectivity index (χ0) is 17.4. The predicted octanol–water partition coefficient (Wildman–Crippen LogP) is 1.77. The molecule has 1 N–H and O–H groups in total. The summed E-state index contributed by atoms with van der Waals surface area (Å²) in [6.45, 7) is 2.24. The van der Waals surface area contributed by atoms with E-state index in [1.807, 2.05) is 0 Å². The number of aliphatic hydroxyl groups is 1. The van der Waals surface area contributed by atoms with Gasteiger partial charge in [0, 0.05) is 5.75 Å². The SMILES string of the molecule is CCCCCCCCCCCC(O)CCCCCCS(=O)(=O)[O-].[Na+]. The van der Waals surface area contributed by atoms with Gasteiger partial charge in [-0.05, 0) is 19.3 Å². The molecule has 0 radical (unpaired) electrons. The molecule has 0 aromatic heterocycles. The zero-order valence-electron chi connectivity index (χ0n) is 16.0. The Morgan fingerprint density at radius 1 is 0.750 bits per heavy atom. The normalized spacial score (nSPS) is 12.8. The van der Waals surface area contributed by atoms with Crippen LogP contribution in [0.1, 0.15) is 103 Å². The van der Waals surface area contributed by atoms with Gasteiger partial charge in [0.15, 0.2) is 0 Å². The summed E-state index contributed by atoms with van der Waals surface area (Å²) in [6, 6.07) is 0. The molecular weight excluding hydrogens is 335 g/mol. The molecule has 1 unspecified atom stereocenters. The van der Waals surface area contributed by atoms with Gasteiger partial charge in [0.05, 0.1) is 16.2 Å². The smallest absolute Gasteiger partial charge is 0.748 e. The van der Waals surface area contributed by atoms with Gasteiger partial charge in [0.1, 0.15) is 0 Å². The van der Waals surface area contributed by atoms with Crippen LogP contribution in [-0.2, 0) is 10.1 Å². The van der Waals surface area contributed by atoms with E-state index in [1.165, 1.54) is 51.4 Å². The molecule has 1 atom stereocenters. The van der Waals surface area contributed by atoms with Crippen LogP contribution in [-0.4, -0.2) is 29.9 Å². The molecule has 6 heteroatoms. The Hall–Kier alpha value is 0.870. The van der Waals surface area contributed by atoms with Crippen molar-refractivity contribution in [2.24, 2.45) is 0 Å². The summed E-state index contributed by atoms with van der Waals surface area (Å²) in [6.07, 6.45) is 16.1. The van der Waals surface area contributed by atoms with Crippen molar-refractivity contribution in [2.45, 2.75) is 109 Å². The number of hydrogen-bond acceptors (Lipinski definition) is 4. The molecule has 24 heavy (non-hydrogen) atoms. The first kappa shape index (κ1) is 27.1. The molecule has 0 aromatic carbocycles. The Kier molecular flexibility index (Phi) is 21.1. The van der Waals surface area contributed by atoms with E-state index in [0.717, 1.165) is 38.5 Å². The molecule has 0 aliphatic heterocycles. The Bertz CT molecular complexity index is 347. The molecule has 0 spiro atoms. The molecule has 4 nitrogen and oxygen atoms in total. The standard InChI is InChI=1S/C18H38O4S.Na/c1-2-3-4-5-6-7-8-9-12-15-18(19)16-13-10-11-14-17-23(20,21)22;/h18-19H,2-17H2,1H3,(H,20,21,22);/q;+1/p-1. The van der Waals surface area contributed by atoms with Gasteiger partial charge in [-0.15, -0.1) is 0 Å². The average Bonchev–Trinajstić information content (AvgIpc) is 2.48. The van der Waals surface area contributed by atoms with Gasteiger partial charge in [-0.2, -0.15) is 0 Å². The van der Waals surface area contributed by atoms with Gasteiger partial charge in [-0.3, -0.25) is 0 Å². The summed E-state index contributed by atoms with van der Waals surface area (Å²) < 4.78 is 31.3. The van der Waals surface area contributed by atoms with Crippen LogP contribution >= 0.6 is 0 Å². The van der Waals surface area contributed by atoms with Gasteiger partial charge in [-0.25, -0.2) is 8.42 Å². The van der Waals surface area contributed by atoms with Gasteiger partial charge in [0.25, 0.3) is 0 Å². The topological polar surface area (TPSA) is 77.4 Å². The Balaban J connectivity index is 0. The van der Waals surface area contributed by atoms with E-state index < -0.39 is 10.1 Å². The molecular formula is C18H37NaO4S. The molecule has 0 amide bonds. The van der Waals surface area contributed by atoms with Crippen LogP contribution in [0.3, 0.4) is 0 Å². The Morgan fingerprint density at radius 2 is 1.12 bits per heavy atom. The first-order valence-corrected chi connectivity index (χ1v) is 11.1. The monoisotopic (exact) mass is 372 g/mol. The van der Waals surface area contributed by atoms with Gasteiger partial charge >= 0.3 is 29.6 Å². The zero-order valence-corrected chi connectivity index (χ0v) is 18.8. The van der Waals surface area contributed by atoms with Crippen molar-refractivity contribution in [3.05, 3.63) is 0 Å². The average molecular weight is 373 g/mol. The summed E-state index contributed by atoms with van der Waals surface area (Å²) in [7, 11) is -4.05. The van der Waals surface area contributed by atoms with Crippen molar-refractivity contribution in [3.63, 3.8) is 0 Å². The Labute approximate surface area is 172 Å². The maximum absolute atomic E-state index is 10.4. The molecule has 140 valence electrons. The van der Waals surface area contributed by atoms with E-state index in [1.54, 1.807) is 0 Å². The van der Waals surface area contributed by atoms with Crippen LogP contribution in [0.2, 0.25) is 0 Å². The second kappa shape index (κ2) is 18.7. The van der Waals surface area contributed by atoms with Gasteiger partial charge < -0.3 is 9.66 Å². The molecule has 0 bridgehead atoms. The number of aliphatic hydroxyl groups excluding tert-OH is 1. The fourth-order valence-electron chi connectivity index (χ4n) is 2.85. The summed E-state index contributed by atoms with van der Waals surface area (Å²) >= 11 is 0. The van der Waals surface area contributed by atoms with E-state index in [9.17, 15) is 18.1 Å². The van der Waals surface area contributed by atoms with E-state index in [0.29, 0.717) is 6.42 Å². The summed E-state index contributed by atoms with van der Waals surface area (Å²) in [5, 5.41) is 9.89. The molecule has 0 fully saturated rings. The van der Waals surface area contributed by atoms with E-state index in [2.05, 4.69) is 6.92 Å². The van der Waals surface area contributed by atoms with Crippen molar-refractivity contribution in [2.75, 3.05) is 5.75 Å². The first-order valence-electron chi connectivity index (χ1n) is 9.57. The third-order valence-corrected chi connectivity index (χ3v) is 5.11. The number of unbranched alkanes of at least 4 members (excludes halogenated alkanes) is 11. The van der Waals surface area contributed by atoms with E-state index >= 15 is 0 Å². The summed E-state index contributed by atoms with van der Waals surface area (Å²) in [4.78, 5) is 0. The summed E-state index contributed by atoms with van der Waals surface area (Å²) in [5.41, 5.74) is 0. The van der Waals surface area contributed by atoms with Crippen molar-refractivity contribution in [1.82, 2.24) is 0 Å². The molecule has 0 saturated carbocycles. The van der Waals surface area contributed by atoms with Crippen LogP contribution < -0.4 is 29.6 Å². The van der Waals surface area contributed by atoms with Crippen LogP contribution in [0.25, 0.3) is 0 Å². The van der Waals surface area contributed by atoms with Crippen LogP contribution in [0.15, 0.2) is 0 Å². The summed E-state index contributed by atoms with van der Waals surface area (Å²) in [5.74, 6) is -0.256. The van der Waals surface area contributed by atoms with E-state index in [4.69, 9.17) is 0 Å². The van der Waals surface area contributed by atoms with Gasteiger partial charge in [0.2, 0.25) is 0 Å². The minimum atomic E-state index is -4.05. The maximum atomic E-state index is 10.4. The van der Waals surface area contributed by atoms with Crippen molar-refractivity contribution in [3.8, 4) is 0 Å². The number of rotatable bonds is 17. The number of hydrogen-bond donors (Lipinski definition) is 1. The largest absolute Gasteiger partial charge is 1.00 e. The Morgan fingerprint density at radius 3 is 1.54 bits per heavy atom. The minimum Gasteiger partial charge on any atom is -0.748 e. The van der Waals surface area contributed by atoms with Gasteiger partial charge in [-0.1, -0.05) is 84.0 Å². The van der Waals surface area contributed by atoms with Crippen LogP contribution in [0.5, 0.6) is 0 Å². The second-order valence-electron chi connectivity index (χ2n) is 6.74. The molecule has 0 saturated heterocycles.